The van der Waals surface area contributed by atoms with Gasteiger partial charge >= 0.3 is 0 Å². The Hall–Kier alpha value is -6.44. The van der Waals surface area contributed by atoms with Gasteiger partial charge in [0.2, 0.25) is 0 Å². The van der Waals surface area contributed by atoms with E-state index in [9.17, 15) is 0 Å². The molecule has 1 aromatic heterocycles. The molecule has 10 rings (SSSR count). The third kappa shape index (κ3) is 4.40. The fraction of sp³-hybridized carbons (Fsp3) is 0. The average molecular weight is 623 g/mol. The predicted octanol–water partition coefficient (Wildman–Crippen LogP) is 13.7. The zero-order valence-corrected chi connectivity index (χ0v) is 26.7. The van der Waals surface area contributed by atoms with Gasteiger partial charge in [-0.05, 0) is 89.5 Å². The van der Waals surface area contributed by atoms with Crippen molar-refractivity contribution in [2.24, 2.45) is 0 Å². The van der Waals surface area contributed by atoms with Gasteiger partial charge in [0, 0.05) is 16.3 Å². The summed E-state index contributed by atoms with van der Waals surface area (Å²) in [5.74, 6) is 0. The third-order valence-electron chi connectivity index (χ3n) is 10.1. The molecule has 10 aromatic rings. The highest BCUT2D eigenvalue weighted by atomic mass is 16.3. The number of hydrogen-bond acceptors (Lipinski definition) is 1. The van der Waals surface area contributed by atoms with Crippen LogP contribution in [0.15, 0.2) is 186 Å². The maximum absolute atomic E-state index is 6.53. The van der Waals surface area contributed by atoms with Gasteiger partial charge in [0.15, 0.2) is 0 Å². The largest absolute Gasteiger partial charge is 0.455 e. The maximum atomic E-state index is 6.53. The third-order valence-corrected chi connectivity index (χ3v) is 10.1. The Morgan fingerprint density at radius 1 is 0.286 bits per heavy atom. The Bertz CT molecular complexity index is 2870. The van der Waals surface area contributed by atoms with E-state index < -0.39 is 0 Å². The molecule has 0 saturated heterocycles. The summed E-state index contributed by atoms with van der Waals surface area (Å²) in [5, 5.41) is 9.73. The molecule has 0 fully saturated rings. The molecule has 1 nitrogen and oxygen atoms in total. The van der Waals surface area contributed by atoms with Crippen LogP contribution in [0.3, 0.4) is 0 Å². The maximum Gasteiger partial charge on any atom is 0.143 e. The van der Waals surface area contributed by atoms with Gasteiger partial charge in [-0.2, -0.15) is 0 Å². The summed E-state index contributed by atoms with van der Waals surface area (Å²) in [7, 11) is 0. The first kappa shape index (κ1) is 27.7. The minimum Gasteiger partial charge on any atom is -0.455 e. The molecule has 9 aromatic carbocycles. The SMILES string of the molecule is c1ccc(-c2c3ccccc3c(-c3cccc(-c4cccc5ccccc45)c3)c3cc(-c4cccc5c4oc4ccccc45)ccc23)cc1. The van der Waals surface area contributed by atoms with Gasteiger partial charge in [0.1, 0.15) is 11.2 Å². The molecule has 0 unspecified atom stereocenters. The molecule has 0 aliphatic carbocycles. The van der Waals surface area contributed by atoms with Crippen molar-refractivity contribution >= 4 is 54.3 Å². The molecule has 0 amide bonds. The monoisotopic (exact) mass is 622 g/mol. The Morgan fingerprint density at radius 3 is 1.69 bits per heavy atom. The standard InChI is InChI=1S/C48H30O/c1-2-14-32(15-3-1)46-40-21-6-7-22-41(40)47(35-18-10-17-33(29-35)37-23-11-16-31-13-4-5-19-36(31)37)44-30-34(27-28-42(44)46)38-24-12-25-43-39-20-8-9-26-45(39)49-48(38)43/h1-30H. The second-order valence-electron chi connectivity index (χ2n) is 12.8. The van der Waals surface area contributed by atoms with Crippen molar-refractivity contribution in [3.63, 3.8) is 0 Å². The van der Waals surface area contributed by atoms with E-state index in [1.807, 2.05) is 6.07 Å². The second kappa shape index (κ2) is 11.1. The quantitative estimate of drug-likeness (QED) is 0.178. The number of benzene rings is 9. The zero-order valence-electron chi connectivity index (χ0n) is 26.7. The smallest absolute Gasteiger partial charge is 0.143 e. The highest BCUT2D eigenvalue weighted by Gasteiger charge is 2.19. The van der Waals surface area contributed by atoms with Crippen LogP contribution in [0.2, 0.25) is 0 Å². The average Bonchev–Trinajstić information content (AvgIpc) is 3.56. The molecule has 0 radical (unpaired) electrons. The molecule has 0 N–H and O–H groups in total. The van der Waals surface area contributed by atoms with Crippen molar-refractivity contribution in [3.05, 3.63) is 182 Å². The van der Waals surface area contributed by atoms with Crippen LogP contribution >= 0.6 is 0 Å². The van der Waals surface area contributed by atoms with Gasteiger partial charge in [-0.3, -0.25) is 0 Å². The second-order valence-corrected chi connectivity index (χ2v) is 12.8. The summed E-state index contributed by atoms with van der Waals surface area (Å²) in [4.78, 5) is 0. The van der Waals surface area contributed by atoms with Crippen LogP contribution in [-0.2, 0) is 0 Å². The highest BCUT2D eigenvalue weighted by molar-refractivity contribution is 6.22. The van der Waals surface area contributed by atoms with E-state index in [2.05, 4.69) is 176 Å². The summed E-state index contributed by atoms with van der Waals surface area (Å²) in [5.41, 5.74) is 11.4. The first-order valence-electron chi connectivity index (χ1n) is 16.8. The van der Waals surface area contributed by atoms with E-state index in [1.54, 1.807) is 0 Å². The lowest BCUT2D eigenvalue weighted by molar-refractivity contribution is 0.670. The van der Waals surface area contributed by atoms with E-state index >= 15 is 0 Å². The van der Waals surface area contributed by atoms with Gasteiger partial charge in [0.25, 0.3) is 0 Å². The number of fused-ring (bicyclic) bond motifs is 6. The van der Waals surface area contributed by atoms with Crippen LogP contribution in [0, 0.1) is 0 Å². The van der Waals surface area contributed by atoms with Crippen LogP contribution in [0.1, 0.15) is 0 Å². The topological polar surface area (TPSA) is 13.1 Å². The Morgan fingerprint density at radius 2 is 0.837 bits per heavy atom. The number of para-hydroxylation sites is 2. The van der Waals surface area contributed by atoms with Gasteiger partial charge in [-0.15, -0.1) is 0 Å². The molecule has 0 aliphatic rings. The predicted molar refractivity (Wildman–Crippen MR) is 208 cm³/mol. The lowest BCUT2D eigenvalue weighted by Crippen LogP contribution is -1.92. The van der Waals surface area contributed by atoms with Crippen molar-refractivity contribution in [2.45, 2.75) is 0 Å². The van der Waals surface area contributed by atoms with Crippen molar-refractivity contribution in [1.29, 1.82) is 0 Å². The Balaban J connectivity index is 1.29. The van der Waals surface area contributed by atoms with E-state index in [0.29, 0.717) is 0 Å². The molecule has 0 spiro atoms. The minimum atomic E-state index is 0.911. The normalized spacial score (nSPS) is 11.7. The van der Waals surface area contributed by atoms with Gasteiger partial charge in [0.05, 0.1) is 0 Å². The fourth-order valence-electron chi connectivity index (χ4n) is 7.87. The van der Waals surface area contributed by atoms with Crippen molar-refractivity contribution in [1.82, 2.24) is 0 Å². The number of hydrogen-bond donors (Lipinski definition) is 0. The zero-order chi connectivity index (χ0) is 32.3. The van der Waals surface area contributed by atoms with Crippen LogP contribution in [0.5, 0.6) is 0 Å². The molecule has 0 bridgehead atoms. The van der Waals surface area contributed by atoms with Gasteiger partial charge in [-0.1, -0.05) is 164 Å². The summed E-state index contributed by atoms with van der Waals surface area (Å²) < 4.78 is 6.53. The molecule has 49 heavy (non-hydrogen) atoms. The van der Waals surface area contributed by atoms with Crippen molar-refractivity contribution in [2.75, 3.05) is 0 Å². The van der Waals surface area contributed by atoms with Gasteiger partial charge in [-0.25, -0.2) is 0 Å². The number of furan rings is 1. The minimum absolute atomic E-state index is 0.911. The van der Waals surface area contributed by atoms with Crippen LogP contribution in [0.25, 0.3) is 98.8 Å². The van der Waals surface area contributed by atoms with Crippen molar-refractivity contribution < 1.29 is 4.42 Å². The van der Waals surface area contributed by atoms with Crippen LogP contribution in [-0.4, -0.2) is 0 Å². The molecule has 228 valence electrons. The molecule has 0 aliphatic heterocycles. The van der Waals surface area contributed by atoms with Crippen LogP contribution in [0.4, 0.5) is 0 Å². The first-order chi connectivity index (χ1) is 24.3. The molecule has 1 heterocycles. The molecular weight excluding hydrogens is 593 g/mol. The van der Waals surface area contributed by atoms with Crippen molar-refractivity contribution in [3.8, 4) is 44.5 Å². The van der Waals surface area contributed by atoms with Crippen LogP contribution < -0.4 is 0 Å². The van der Waals surface area contributed by atoms with E-state index in [1.165, 1.54) is 65.7 Å². The highest BCUT2D eigenvalue weighted by Crippen LogP contribution is 2.46. The molecule has 0 saturated carbocycles. The van der Waals surface area contributed by atoms with E-state index in [-0.39, 0.29) is 0 Å². The van der Waals surface area contributed by atoms with E-state index in [4.69, 9.17) is 4.42 Å². The summed E-state index contributed by atoms with van der Waals surface area (Å²) in [6, 6.07) is 65.8. The first-order valence-corrected chi connectivity index (χ1v) is 16.8. The lowest BCUT2D eigenvalue weighted by Gasteiger charge is -2.19. The number of rotatable bonds is 4. The Kier molecular flexibility index (Phi) is 6.25. The lowest BCUT2D eigenvalue weighted by atomic mass is 9.84. The summed E-state index contributed by atoms with van der Waals surface area (Å²) in [6.45, 7) is 0. The van der Waals surface area contributed by atoms with Gasteiger partial charge < -0.3 is 4.42 Å². The summed E-state index contributed by atoms with van der Waals surface area (Å²) >= 11 is 0. The summed E-state index contributed by atoms with van der Waals surface area (Å²) in [6.07, 6.45) is 0. The molecule has 0 atom stereocenters. The van der Waals surface area contributed by atoms with E-state index in [0.717, 1.165) is 33.1 Å². The Labute approximate surface area is 284 Å². The molecular formula is C48H30O. The fourth-order valence-corrected chi connectivity index (χ4v) is 7.87. The molecule has 1 heteroatoms.